The van der Waals surface area contributed by atoms with E-state index in [1.807, 2.05) is 44.2 Å². The monoisotopic (exact) mass is 573 g/mol. The molecule has 3 amide bonds. The Morgan fingerprint density at radius 1 is 0.829 bits per heavy atom. The summed E-state index contributed by atoms with van der Waals surface area (Å²) in [5, 5.41) is 5.63. The van der Waals surface area contributed by atoms with Gasteiger partial charge in [0.25, 0.3) is 11.8 Å². The molecule has 0 bridgehead atoms. The van der Waals surface area contributed by atoms with E-state index < -0.39 is 65.9 Å². The second-order valence-corrected chi connectivity index (χ2v) is 11.8. The van der Waals surface area contributed by atoms with Gasteiger partial charge in [-0.25, -0.2) is 4.79 Å². The molecular weight excluding hydrogens is 526 g/mol. The summed E-state index contributed by atoms with van der Waals surface area (Å²) in [5.41, 5.74) is 0.763. The molecule has 1 heterocycles. The fourth-order valence-electron chi connectivity index (χ4n) is 4.74. The van der Waals surface area contributed by atoms with E-state index in [9.17, 15) is 24.0 Å². The van der Waals surface area contributed by atoms with Gasteiger partial charge >= 0.3 is 11.9 Å². The Hall–Kier alpha value is -3.43. The van der Waals surface area contributed by atoms with Crippen LogP contribution in [-0.4, -0.2) is 71.9 Å². The van der Waals surface area contributed by atoms with Crippen LogP contribution >= 0.6 is 0 Å². The first-order chi connectivity index (χ1) is 19.2. The van der Waals surface area contributed by atoms with Crippen molar-refractivity contribution in [3.05, 3.63) is 35.9 Å². The van der Waals surface area contributed by atoms with Crippen LogP contribution in [0.4, 0.5) is 0 Å². The number of nitrogens with zero attached hydrogens (tertiary/aromatic N) is 1. The number of likely N-dealkylation sites (N-methyl/N-ethyl adjacent to an activating group) is 1. The summed E-state index contributed by atoms with van der Waals surface area (Å²) in [6.07, 6.45) is -1.74. The number of nitrogens with one attached hydrogen (secondary N) is 2. The molecule has 0 unspecified atom stereocenters. The molecule has 7 atom stereocenters. The molecule has 1 aliphatic heterocycles. The maximum absolute atomic E-state index is 13.7. The number of carbonyl (C=O) groups excluding carboxylic acids is 5. The van der Waals surface area contributed by atoms with Crippen molar-refractivity contribution in [3.63, 3.8) is 0 Å². The van der Waals surface area contributed by atoms with E-state index in [4.69, 9.17) is 9.47 Å². The van der Waals surface area contributed by atoms with E-state index in [-0.39, 0.29) is 24.2 Å². The number of benzene rings is 1. The molecule has 0 spiro atoms. The van der Waals surface area contributed by atoms with Gasteiger partial charge in [0, 0.05) is 19.5 Å². The highest BCUT2D eigenvalue weighted by Crippen LogP contribution is 2.21. The van der Waals surface area contributed by atoms with Gasteiger partial charge in [-0.15, -0.1) is 0 Å². The molecule has 41 heavy (non-hydrogen) atoms. The molecule has 0 radical (unpaired) electrons. The van der Waals surface area contributed by atoms with Crippen molar-refractivity contribution < 1.29 is 33.4 Å². The third kappa shape index (κ3) is 8.78. The van der Waals surface area contributed by atoms with Crippen LogP contribution in [0.2, 0.25) is 0 Å². The predicted octanol–water partition coefficient (Wildman–Crippen LogP) is 2.88. The average molecular weight is 574 g/mol. The molecular formula is C31H47N3O7. The van der Waals surface area contributed by atoms with E-state index >= 15 is 0 Å². The van der Waals surface area contributed by atoms with Gasteiger partial charge in [0.1, 0.15) is 12.1 Å². The molecule has 2 N–H and O–H groups in total. The Kier molecular flexibility index (Phi) is 12.3. The number of esters is 2. The minimum absolute atomic E-state index is 0.0788. The highest BCUT2D eigenvalue weighted by molar-refractivity contribution is 5.93. The van der Waals surface area contributed by atoms with Crippen LogP contribution in [0.1, 0.15) is 67.4 Å². The number of hydrogen-bond acceptors (Lipinski definition) is 7. The van der Waals surface area contributed by atoms with Crippen LogP contribution < -0.4 is 10.6 Å². The number of cyclic esters (lactones) is 2. The largest absolute Gasteiger partial charge is 0.452 e. The van der Waals surface area contributed by atoms with Gasteiger partial charge in [-0.05, 0) is 37.2 Å². The molecule has 228 valence electrons. The highest BCUT2D eigenvalue weighted by Gasteiger charge is 2.41. The second kappa shape index (κ2) is 15.0. The first kappa shape index (κ1) is 33.8. The average Bonchev–Trinajstić information content (AvgIpc) is 2.92. The van der Waals surface area contributed by atoms with Crippen molar-refractivity contribution in [2.75, 3.05) is 7.05 Å². The lowest BCUT2D eigenvalue weighted by Gasteiger charge is -2.35. The second-order valence-electron chi connectivity index (χ2n) is 11.8. The summed E-state index contributed by atoms with van der Waals surface area (Å²) in [6.45, 7) is 14.1. The van der Waals surface area contributed by atoms with Gasteiger partial charge in [0.2, 0.25) is 5.91 Å². The molecule has 0 aliphatic carbocycles. The van der Waals surface area contributed by atoms with E-state index in [0.717, 1.165) is 5.56 Å². The molecule has 1 aromatic rings. The number of rotatable bonds is 6. The van der Waals surface area contributed by atoms with Gasteiger partial charge < -0.3 is 25.0 Å². The third-order valence-corrected chi connectivity index (χ3v) is 7.83. The Labute approximate surface area is 243 Å². The molecule has 1 fully saturated rings. The summed E-state index contributed by atoms with van der Waals surface area (Å²) < 4.78 is 11.5. The van der Waals surface area contributed by atoms with Crippen LogP contribution in [0.25, 0.3) is 0 Å². The fourth-order valence-corrected chi connectivity index (χ4v) is 4.74. The summed E-state index contributed by atoms with van der Waals surface area (Å²) >= 11 is 0. The van der Waals surface area contributed by atoms with E-state index in [0.29, 0.717) is 6.42 Å². The van der Waals surface area contributed by atoms with Crippen molar-refractivity contribution in [2.45, 2.75) is 98.6 Å². The zero-order valence-electron chi connectivity index (χ0n) is 25.8. The summed E-state index contributed by atoms with van der Waals surface area (Å²) in [6, 6.07) is 6.49. The van der Waals surface area contributed by atoms with Crippen molar-refractivity contribution >= 4 is 29.7 Å². The van der Waals surface area contributed by atoms with E-state index in [2.05, 4.69) is 10.6 Å². The summed E-state index contributed by atoms with van der Waals surface area (Å²) in [4.78, 5) is 68.7. The van der Waals surface area contributed by atoms with Crippen LogP contribution in [-0.2, 0) is 39.9 Å². The number of carbonyl (C=O) groups is 5. The molecule has 1 aromatic carbocycles. The third-order valence-electron chi connectivity index (χ3n) is 7.83. The van der Waals surface area contributed by atoms with Gasteiger partial charge in [-0.2, -0.15) is 0 Å². The van der Waals surface area contributed by atoms with Crippen molar-refractivity contribution in [2.24, 2.45) is 23.7 Å². The van der Waals surface area contributed by atoms with Crippen molar-refractivity contribution in [1.82, 2.24) is 15.5 Å². The SMILES string of the molecule is CC[C@H](C)[C@@H]1NC(=O)[C@H](Cc2ccccc2)OC(=O)[C@H](C(C)C)N(C)C(=O)[C@H](C(C)C)OC(=O)[C@H](C)[C@@H](C)NC1=O. The van der Waals surface area contributed by atoms with Gasteiger partial charge in [0.05, 0.1) is 5.92 Å². The summed E-state index contributed by atoms with van der Waals surface area (Å²) in [7, 11) is 1.47. The van der Waals surface area contributed by atoms with Gasteiger partial charge in [-0.3, -0.25) is 19.2 Å². The molecule has 0 saturated carbocycles. The maximum Gasteiger partial charge on any atom is 0.329 e. The van der Waals surface area contributed by atoms with Gasteiger partial charge in [-0.1, -0.05) is 78.3 Å². The lowest BCUT2D eigenvalue weighted by atomic mass is 9.95. The molecule has 0 aromatic heterocycles. The Balaban J connectivity index is 2.61. The first-order valence-electron chi connectivity index (χ1n) is 14.5. The molecule has 1 aliphatic rings. The van der Waals surface area contributed by atoms with Gasteiger partial charge in [0.15, 0.2) is 12.2 Å². The number of amides is 3. The standard InChI is InChI=1S/C31H47N3O7/c1-10-19(6)24-28(36)32-21(8)20(7)30(38)41-26(18(4)5)29(37)34(9)25(17(2)3)31(39)40-23(27(35)33-24)16-22-14-12-11-13-15-22/h11-15,17-21,23-26H,10,16H2,1-9H3,(H,32,36)(H,33,35)/t19-,20+,21+,23-,24-,25-,26-/m0/s1. The first-order valence-corrected chi connectivity index (χ1v) is 14.5. The van der Waals surface area contributed by atoms with E-state index in [1.165, 1.54) is 11.9 Å². The lowest BCUT2D eigenvalue weighted by molar-refractivity contribution is -0.173. The van der Waals surface area contributed by atoms with E-state index in [1.54, 1.807) is 41.5 Å². The minimum Gasteiger partial charge on any atom is -0.452 e. The van der Waals surface area contributed by atoms with Crippen LogP contribution in [0.15, 0.2) is 30.3 Å². The Bertz CT molecular complexity index is 1070. The molecule has 1 saturated heterocycles. The maximum atomic E-state index is 13.7. The zero-order valence-corrected chi connectivity index (χ0v) is 25.8. The summed E-state index contributed by atoms with van der Waals surface area (Å²) in [5.74, 6) is -4.85. The number of ether oxygens (including phenoxy) is 2. The highest BCUT2D eigenvalue weighted by atomic mass is 16.6. The molecule has 2 rings (SSSR count). The number of hydrogen-bond donors (Lipinski definition) is 2. The quantitative estimate of drug-likeness (QED) is 0.501. The van der Waals surface area contributed by atoms with Crippen LogP contribution in [0, 0.1) is 23.7 Å². The van der Waals surface area contributed by atoms with Crippen LogP contribution in [0.5, 0.6) is 0 Å². The smallest absolute Gasteiger partial charge is 0.329 e. The van der Waals surface area contributed by atoms with Crippen LogP contribution in [0.3, 0.4) is 0 Å². The fraction of sp³-hybridized carbons (Fsp3) is 0.645. The normalized spacial score (nSPS) is 28.2. The zero-order chi connectivity index (χ0) is 31.0. The minimum atomic E-state index is -1.25. The Morgan fingerprint density at radius 2 is 1.44 bits per heavy atom. The van der Waals surface area contributed by atoms with Crippen molar-refractivity contribution in [1.29, 1.82) is 0 Å². The molecule has 10 nitrogen and oxygen atoms in total. The lowest BCUT2D eigenvalue weighted by Crippen LogP contribution is -2.57. The van der Waals surface area contributed by atoms with Crippen molar-refractivity contribution in [3.8, 4) is 0 Å². The molecule has 10 heteroatoms. The Morgan fingerprint density at radius 3 is 1.98 bits per heavy atom. The predicted molar refractivity (Wildman–Crippen MR) is 154 cm³/mol. The topological polar surface area (TPSA) is 131 Å².